The molecule has 31 heavy (non-hydrogen) atoms. The fourth-order valence-electron chi connectivity index (χ4n) is 3.64. The molecule has 4 aromatic rings. The van der Waals surface area contributed by atoms with E-state index in [0.29, 0.717) is 11.5 Å². The highest BCUT2D eigenvalue weighted by Gasteiger charge is 2.15. The summed E-state index contributed by atoms with van der Waals surface area (Å²) in [6.45, 7) is 2.98. The van der Waals surface area contributed by atoms with Gasteiger partial charge >= 0.3 is 0 Å². The number of ether oxygens (including phenoxy) is 2. The van der Waals surface area contributed by atoms with Gasteiger partial charge in [-0.15, -0.1) is 11.3 Å². The monoisotopic (exact) mass is 434 g/mol. The van der Waals surface area contributed by atoms with E-state index < -0.39 is 0 Å². The molecule has 0 amide bonds. The molecule has 0 radical (unpaired) electrons. The Morgan fingerprint density at radius 1 is 1.03 bits per heavy atom. The average Bonchev–Trinajstić information content (AvgIpc) is 3.29. The summed E-state index contributed by atoms with van der Waals surface area (Å²) in [5.41, 5.74) is 4.59. The first-order chi connectivity index (χ1) is 15.1. The summed E-state index contributed by atoms with van der Waals surface area (Å²) in [7, 11) is 5.22. The van der Waals surface area contributed by atoms with Gasteiger partial charge in [-0.3, -0.25) is 0 Å². The molecule has 0 aliphatic rings. The molecular formula is C24H26N4O2S. The Balaban J connectivity index is 1.62. The predicted molar refractivity (Wildman–Crippen MR) is 127 cm³/mol. The topological polar surface area (TPSA) is 68.3 Å². The standard InChI is InChI=1S/C24H26N4O2S/c1-15(23-9-17(13-31-23)18-8-6-5-7-16(18)12-25-2)28-24-19-10-21(29-3)22(30-4)11-20(19)26-14-27-24/h5-11,13-15,25H,12H2,1-4H3,(H,26,27,28). The van der Waals surface area contributed by atoms with Gasteiger partial charge in [0.15, 0.2) is 11.5 Å². The molecule has 1 atom stereocenters. The Kier molecular flexibility index (Phi) is 6.34. The van der Waals surface area contributed by atoms with Crippen molar-refractivity contribution in [2.45, 2.75) is 19.5 Å². The second-order valence-corrected chi connectivity index (χ2v) is 8.18. The molecule has 0 aliphatic carbocycles. The largest absolute Gasteiger partial charge is 0.493 e. The minimum atomic E-state index is 0.0846. The highest BCUT2D eigenvalue weighted by Crippen LogP contribution is 2.36. The number of fused-ring (bicyclic) bond motifs is 1. The Morgan fingerprint density at radius 2 is 1.81 bits per heavy atom. The summed E-state index contributed by atoms with van der Waals surface area (Å²) in [6.07, 6.45) is 1.57. The molecule has 7 heteroatoms. The van der Waals surface area contributed by atoms with E-state index in [4.69, 9.17) is 9.47 Å². The zero-order chi connectivity index (χ0) is 21.8. The van der Waals surface area contributed by atoms with Gasteiger partial charge in [-0.1, -0.05) is 24.3 Å². The van der Waals surface area contributed by atoms with Crippen molar-refractivity contribution in [1.29, 1.82) is 0 Å². The predicted octanol–water partition coefficient (Wildman–Crippen LogP) is 5.27. The first-order valence-electron chi connectivity index (χ1n) is 10.1. The number of rotatable bonds is 8. The maximum atomic E-state index is 5.46. The van der Waals surface area contributed by atoms with Crippen LogP contribution in [0.1, 0.15) is 23.4 Å². The van der Waals surface area contributed by atoms with Crippen molar-refractivity contribution in [3.8, 4) is 22.6 Å². The van der Waals surface area contributed by atoms with Crippen LogP contribution in [0.2, 0.25) is 0 Å². The highest BCUT2D eigenvalue weighted by molar-refractivity contribution is 7.10. The molecular weight excluding hydrogens is 408 g/mol. The van der Waals surface area contributed by atoms with Crippen molar-refractivity contribution in [2.75, 3.05) is 26.6 Å². The molecule has 2 aromatic carbocycles. The number of hydrogen-bond acceptors (Lipinski definition) is 7. The van der Waals surface area contributed by atoms with E-state index >= 15 is 0 Å². The molecule has 1 unspecified atom stereocenters. The maximum Gasteiger partial charge on any atom is 0.162 e. The van der Waals surface area contributed by atoms with Crippen molar-refractivity contribution in [2.24, 2.45) is 0 Å². The van der Waals surface area contributed by atoms with Crippen molar-refractivity contribution < 1.29 is 9.47 Å². The van der Waals surface area contributed by atoms with Crippen LogP contribution in [0.4, 0.5) is 5.82 Å². The van der Waals surface area contributed by atoms with Crippen LogP contribution in [-0.4, -0.2) is 31.2 Å². The number of benzene rings is 2. The van der Waals surface area contributed by atoms with Gasteiger partial charge in [-0.05, 0) is 48.2 Å². The Labute approximate surface area is 186 Å². The molecule has 6 nitrogen and oxygen atoms in total. The molecule has 0 saturated carbocycles. The summed E-state index contributed by atoms with van der Waals surface area (Å²) < 4.78 is 10.9. The third-order valence-corrected chi connectivity index (χ3v) is 6.35. The number of anilines is 1. The second-order valence-electron chi connectivity index (χ2n) is 7.24. The summed E-state index contributed by atoms with van der Waals surface area (Å²) >= 11 is 1.75. The number of nitrogens with zero attached hydrogens (tertiary/aromatic N) is 2. The van der Waals surface area contributed by atoms with Gasteiger partial charge in [0.2, 0.25) is 0 Å². The minimum Gasteiger partial charge on any atom is -0.493 e. The molecule has 0 fully saturated rings. The third-order valence-electron chi connectivity index (χ3n) is 5.24. The normalized spacial score (nSPS) is 12.0. The molecule has 0 aliphatic heterocycles. The number of hydrogen-bond donors (Lipinski definition) is 2. The zero-order valence-corrected chi connectivity index (χ0v) is 18.9. The van der Waals surface area contributed by atoms with Crippen LogP contribution in [0.3, 0.4) is 0 Å². The number of methoxy groups -OCH3 is 2. The van der Waals surface area contributed by atoms with Crippen LogP contribution in [0.5, 0.6) is 11.5 Å². The smallest absolute Gasteiger partial charge is 0.162 e. The summed E-state index contributed by atoms with van der Waals surface area (Å²) in [4.78, 5) is 10.1. The van der Waals surface area contributed by atoms with E-state index in [1.807, 2.05) is 19.2 Å². The van der Waals surface area contributed by atoms with E-state index in [1.54, 1.807) is 31.9 Å². The van der Waals surface area contributed by atoms with Crippen LogP contribution in [0, 0.1) is 0 Å². The van der Waals surface area contributed by atoms with Gasteiger partial charge in [-0.25, -0.2) is 9.97 Å². The van der Waals surface area contributed by atoms with Gasteiger partial charge < -0.3 is 20.1 Å². The lowest BCUT2D eigenvalue weighted by Gasteiger charge is -2.16. The first kappa shape index (κ1) is 21.1. The lowest BCUT2D eigenvalue weighted by atomic mass is 10.0. The van der Waals surface area contributed by atoms with Crippen molar-refractivity contribution in [3.63, 3.8) is 0 Å². The van der Waals surface area contributed by atoms with E-state index in [0.717, 1.165) is 23.3 Å². The van der Waals surface area contributed by atoms with Gasteiger partial charge in [0.05, 0.1) is 25.8 Å². The number of nitrogens with one attached hydrogen (secondary N) is 2. The van der Waals surface area contributed by atoms with Gasteiger partial charge in [0.25, 0.3) is 0 Å². The van der Waals surface area contributed by atoms with Gasteiger partial charge in [0.1, 0.15) is 12.1 Å². The van der Waals surface area contributed by atoms with Crippen LogP contribution in [0.25, 0.3) is 22.0 Å². The van der Waals surface area contributed by atoms with Crippen molar-refractivity contribution in [3.05, 3.63) is 64.6 Å². The Bertz CT molecular complexity index is 1190. The van der Waals surface area contributed by atoms with Gasteiger partial charge in [0, 0.05) is 22.9 Å². The Hall–Kier alpha value is -3.16. The average molecular weight is 435 g/mol. The van der Waals surface area contributed by atoms with E-state index in [1.165, 1.54) is 21.6 Å². The lowest BCUT2D eigenvalue weighted by Crippen LogP contribution is -2.07. The summed E-state index contributed by atoms with van der Waals surface area (Å²) in [5, 5.41) is 9.90. The SMILES string of the molecule is CNCc1ccccc1-c1csc(C(C)Nc2ncnc3cc(OC)c(OC)cc23)c1. The zero-order valence-electron chi connectivity index (χ0n) is 18.1. The van der Waals surface area contributed by atoms with Crippen LogP contribution in [-0.2, 0) is 6.54 Å². The van der Waals surface area contributed by atoms with Crippen LogP contribution >= 0.6 is 11.3 Å². The highest BCUT2D eigenvalue weighted by atomic mass is 32.1. The third kappa shape index (κ3) is 4.33. The molecule has 4 rings (SSSR count). The fourth-order valence-corrected chi connectivity index (χ4v) is 4.56. The maximum absolute atomic E-state index is 5.46. The molecule has 2 aromatic heterocycles. The molecule has 2 heterocycles. The van der Waals surface area contributed by atoms with Crippen LogP contribution in [0.15, 0.2) is 54.2 Å². The van der Waals surface area contributed by atoms with Crippen molar-refractivity contribution >= 4 is 28.1 Å². The molecule has 0 saturated heterocycles. The summed E-state index contributed by atoms with van der Waals surface area (Å²) in [5.74, 6) is 2.07. The van der Waals surface area contributed by atoms with Crippen molar-refractivity contribution in [1.82, 2.24) is 15.3 Å². The van der Waals surface area contributed by atoms with E-state index in [9.17, 15) is 0 Å². The van der Waals surface area contributed by atoms with Crippen LogP contribution < -0.4 is 20.1 Å². The quantitative estimate of drug-likeness (QED) is 0.394. The Morgan fingerprint density at radius 3 is 2.58 bits per heavy atom. The number of aromatic nitrogens is 2. The molecule has 0 spiro atoms. The van der Waals surface area contributed by atoms with Gasteiger partial charge in [-0.2, -0.15) is 0 Å². The molecule has 160 valence electrons. The summed E-state index contributed by atoms with van der Waals surface area (Å²) in [6, 6.07) is 14.6. The first-order valence-corrected chi connectivity index (χ1v) is 11.0. The van der Waals surface area contributed by atoms with E-state index in [2.05, 4.69) is 63.2 Å². The number of thiophene rings is 1. The molecule has 2 N–H and O–H groups in total. The molecule has 0 bridgehead atoms. The van der Waals surface area contributed by atoms with E-state index in [-0.39, 0.29) is 6.04 Å². The second kappa shape index (κ2) is 9.32. The lowest BCUT2D eigenvalue weighted by molar-refractivity contribution is 0.356. The fraction of sp³-hybridized carbons (Fsp3) is 0.250. The minimum absolute atomic E-state index is 0.0846.